The molecule has 1 aliphatic heterocycles. The van der Waals surface area contributed by atoms with Crippen LogP contribution >= 0.6 is 0 Å². The van der Waals surface area contributed by atoms with E-state index in [1.165, 1.54) is 25.4 Å². The summed E-state index contributed by atoms with van der Waals surface area (Å²) in [5, 5.41) is 20.9. The third-order valence-electron chi connectivity index (χ3n) is 4.23. The summed E-state index contributed by atoms with van der Waals surface area (Å²) in [6.07, 6.45) is 1.78. The number of aliphatic hydroxyl groups is 2. The highest BCUT2D eigenvalue weighted by Crippen LogP contribution is 2.21. The van der Waals surface area contributed by atoms with Crippen molar-refractivity contribution < 1.29 is 33.3 Å². The Morgan fingerprint density at radius 2 is 2.00 bits per heavy atom. The zero-order valence-electron chi connectivity index (χ0n) is 18.1. The summed E-state index contributed by atoms with van der Waals surface area (Å²) >= 11 is 0. The molecule has 3 N–H and O–H groups in total. The lowest BCUT2D eigenvalue weighted by molar-refractivity contribution is -0.126. The number of nitrogens with one attached hydrogen (secondary N) is 1. The van der Waals surface area contributed by atoms with Crippen LogP contribution in [0.3, 0.4) is 0 Å². The first-order valence-corrected chi connectivity index (χ1v) is 10.0. The Bertz CT molecular complexity index is 805. The van der Waals surface area contributed by atoms with Crippen molar-refractivity contribution in [3.63, 3.8) is 0 Å². The van der Waals surface area contributed by atoms with Crippen molar-refractivity contribution in [1.82, 2.24) is 4.98 Å². The van der Waals surface area contributed by atoms with Crippen LogP contribution in [0.4, 0.5) is 14.5 Å². The minimum Gasteiger partial charge on any atom is -0.494 e. The average Bonchev–Trinajstić information content (AvgIpc) is 3.24. The highest BCUT2D eigenvalue weighted by Gasteiger charge is 2.28. The van der Waals surface area contributed by atoms with Crippen LogP contribution in [0.2, 0.25) is 0 Å². The van der Waals surface area contributed by atoms with Gasteiger partial charge in [0.05, 0.1) is 37.4 Å². The first-order chi connectivity index (χ1) is 14.8. The number of amides is 1. The molecule has 1 saturated heterocycles. The first kappa shape index (κ1) is 26.4. The first-order valence-electron chi connectivity index (χ1n) is 10.0. The van der Waals surface area contributed by atoms with Crippen LogP contribution in [-0.2, 0) is 9.53 Å². The third-order valence-corrected chi connectivity index (χ3v) is 4.23. The van der Waals surface area contributed by atoms with Gasteiger partial charge in [0.2, 0.25) is 5.82 Å². The van der Waals surface area contributed by atoms with Gasteiger partial charge < -0.3 is 25.0 Å². The topological polar surface area (TPSA) is 101 Å². The van der Waals surface area contributed by atoms with Crippen LogP contribution in [-0.4, -0.2) is 47.0 Å². The zero-order chi connectivity index (χ0) is 23.4. The molecule has 3 rings (SSSR count). The summed E-state index contributed by atoms with van der Waals surface area (Å²) in [5.41, 5.74) is 0.910. The molecule has 0 aliphatic carbocycles. The van der Waals surface area contributed by atoms with Gasteiger partial charge in [-0.3, -0.25) is 9.78 Å². The fourth-order valence-electron chi connectivity index (χ4n) is 2.63. The van der Waals surface area contributed by atoms with Gasteiger partial charge in [-0.2, -0.15) is 4.39 Å². The molecule has 9 heteroatoms. The number of benzene rings is 1. The van der Waals surface area contributed by atoms with Crippen molar-refractivity contribution >= 4 is 11.6 Å². The van der Waals surface area contributed by atoms with Gasteiger partial charge in [-0.25, -0.2) is 4.39 Å². The Kier molecular flexibility index (Phi) is 11.6. The number of carbonyl (C=O) groups is 1. The van der Waals surface area contributed by atoms with Gasteiger partial charge in [0.1, 0.15) is 12.2 Å². The fraction of sp³-hybridized carbons (Fsp3) is 0.455. The fourth-order valence-corrected chi connectivity index (χ4v) is 2.63. The molecular weight excluding hydrogens is 410 g/mol. The molecule has 1 amide bonds. The Labute approximate surface area is 181 Å². The van der Waals surface area contributed by atoms with Crippen LogP contribution < -0.4 is 10.1 Å². The van der Waals surface area contributed by atoms with Crippen LogP contribution in [0.5, 0.6) is 5.75 Å². The number of ether oxygens (including phenoxy) is 2. The Morgan fingerprint density at radius 3 is 2.48 bits per heavy atom. The molecule has 172 valence electrons. The van der Waals surface area contributed by atoms with E-state index in [1.54, 1.807) is 12.1 Å². The number of rotatable bonds is 5. The summed E-state index contributed by atoms with van der Waals surface area (Å²) in [6.45, 7) is 5.56. The van der Waals surface area contributed by atoms with Gasteiger partial charge in [-0.15, -0.1) is 0 Å². The van der Waals surface area contributed by atoms with Crippen molar-refractivity contribution in [1.29, 1.82) is 0 Å². The summed E-state index contributed by atoms with van der Waals surface area (Å²) in [7, 11) is 1.29. The zero-order valence-corrected chi connectivity index (χ0v) is 18.1. The molecule has 2 aromatic rings. The van der Waals surface area contributed by atoms with E-state index in [0.717, 1.165) is 18.9 Å². The van der Waals surface area contributed by atoms with Gasteiger partial charge in [-0.05, 0) is 44.0 Å². The molecular formula is C22H30F2N2O5. The SMILES string of the molecule is CC.CC1CCC(C(=O)Nc2ccc(C(O)CO)nc2)O1.COc1cccc(F)c1F. The van der Waals surface area contributed by atoms with Gasteiger partial charge >= 0.3 is 0 Å². The molecule has 1 fully saturated rings. The van der Waals surface area contributed by atoms with E-state index in [0.29, 0.717) is 11.4 Å². The number of anilines is 1. The summed E-state index contributed by atoms with van der Waals surface area (Å²) in [4.78, 5) is 15.9. The molecule has 1 aromatic heterocycles. The van der Waals surface area contributed by atoms with Crippen molar-refractivity contribution in [3.8, 4) is 5.75 Å². The summed E-state index contributed by atoms with van der Waals surface area (Å²) < 4.78 is 34.8. The van der Waals surface area contributed by atoms with Crippen molar-refractivity contribution in [2.45, 2.75) is 51.9 Å². The largest absolute Gasteiger partial charge is 0.494 e. The number of methoxy groups -OCH3 is 1. The highest BCUT2D eigenvalue weighted by atomic mass is 19.2. The van der Waals surface area contributed by atoms with Crippen LogP contribution in [0.15, 0.2) is 36.5 Å². The standard InChI is InChI=1S/C13H18N2O4.C7H6F2O.C2H6/c1-8-2-5-12(19-8)13(18)15-9-3-4-10(14-6-9)11(17)7-16;1-10-6-4-2-3-5(8)7(6)9;1-2/h3-4,6,8,11-12,16-17H,2,5,7H2,1H3,(H,15,18);2-4H,1H3;1-2H3. The molecule has 1 aliphatic rings. The second-order valence-electron chi connectivity index (χ2n) is 6.43. The molecule has 7 nitrogen and oxygen atoms in total. The number of hydrogen-bond acceptors (Lipinski definition) is 6. The number of carbonyl (C=O) groups excluding carboxylic acids is 1. The quantitative estimate of drug-likeness (QED) is 0.657. The molecule has 2 heterocycles. The van der Waals surface area contributed by atoms with E-state index in [4.69, 9.17) is 9.84 Å². The number of nitrogens with zero attached hydrogens (tertiary/aromatic N) is 1. The summed E-state index contributed by atoms with van der Waals surface area (Å²) in [5.74, 6) is -2.08. The smallest absolute Gasteiger partial charge is 0.253 e. The molecule has 3 atom stereocenters. The molecule has 3 unspecified atom stereocenters. The maximum absolute atomic E-state index is 12.5. The van der Waals surface area contributed by atoms with Gasteiger partial charge in [0.15, 0.2) is 11.6 Å². The third kappa shape index (κ3) is 8.20. The lowest BCUT2D eigenvalue weighted by atomic mass is 10.2. The van der Waals surface area contributed by atoms with Gasteiger partial charge in [0.25, 0.3) is 5.91 Å². The van der Waals surface area contributed by atoms with E-state index in [-0.39, 0.29) is 24.4 Å². The highest BCUT2D eigenvalue weighted by molar-refractivity contribution is 5.94. The van der Waals surface area contributed by atoms with E-state index in [1.807, 2.05) is 20.8 Å². The predicted molar refractivity (Wildman–Crippen MR) is 113 cm³/mol. The lowest BCUT2D eigenvalue weighted by Crippen LogP contribution is -2.27. The van der Waals surface area contributed by atoms with Crippen LogP contribution in [0.25, 0.3) is 0 Å². The summed E-state index contributed by atoms with van der Waals surface area (Å²) in [6, 6.07) is 6.99. The minimum absolute atomic E-state index is 0.0694. The number of aliphatic hydroxyl groups excluding tert-OH is 2. The molecule has 0 radical (unpaired) electrons. The number of halogens is 2. The maximum atomic E-state index is 12.5. The van der Waals surface area contributed by atoms with Crippen molar-refractivity contribution in [2.75, 3.05) is 19.0 Å². The Balaban J connectivity index is 0.000000337. The van der Waals surface area contributed by atoms with Crippen molar-refractivity contribution in [2.24, 2.45) is 0 Å². The minimum atomic E-state index is -0.997. The monoisotopic (exact) mass is 440 g/mol. The molecule has 31 heavy (non-hydrogen) atoms. The second kappa shape index (κ2) is 13.6. The van der Waals surface area contributed by atoms with Crippen molar-refractivity contribution in [3.05, 3.63) is 53.9 Å². The van der Waals surface area contributed by atoms with E-state index < -0.39 is 23.8 Å². The average molecular weight is 440 g/mol. The van der Waals surface area contributed by atoms with E-state index in [2.05, 4.69) is 15.0 Å². The number of hydrogen-bond donors (Lipinski definition) is 3. The Morgan fingerprint density at radius 1 is 1.29 bits per heavy atom. The number of pyridine rings is 1. The van der Waals surface area contributed by atoms with E-state index in [9.17, 15) is 18.7 Å². The van der Waals surface area contributed by atoms with E-state index >= 15 is 0 Å². The molecule has 1 aromatic carbocycles. The molecule has 0 bridgehead atoms. The second-order valence-corrected chi connectivity index (χ2v) is 6.43. The van der Waals surface area contributed by atoms with Gasteiger partial charge in [0, 0.05) is 0 Å². The van der Waals surface area contributed by atoms with Crippen LogP contribution in [0.1, 0.15) is 45.4 Å². The normalized spacial score (nSPS) is 18.1. The maximum Gasteiger partial charge on any atom is 0.253 e. The molecule has 0 spiro atoms. The predicted octanol–water partition coefficient (Wildman–Crippen LogP) is 3.61. The number of aromatic nitrogens is 1. The molecule has 0 saturated carbocycles. The van der Waals surface area contributed by atoms with Crippen LogP contribution in [0, 0.1) is 11.6 Å². The Hall–Kier alpha value is -2.62. The van der Waals surface area contributed by atoms with Gasteiger partial charge in [-0.1, -0.05) is 19.9 Å². The lowest BCUT2D eigenvalue weighted by Gasteiger charge is -2.12.